The topological polar surface area (TPSA) is 254 Å². The molecule has 0 aromatic rings. The van der Waals surface area contributed by atoms with Gasteiger partial charge in [-0.2, -0.15) is 0 Å². The first-order valence-corrected chi connectivity index (χ1v) is 12.8. The fourth-order valence-electron chi connectivity index (χ4n) is 1.64. The molecular formula is C15H43N3O9P2. The van der Waals surface area contributed by atoms with Gasteiger partial charge in [0.1, 0.15) is 0 Å². The highest BCUT2D eigenvalue weighted by Gasteiger charge is 2.42. The van der Waals surface area contributed by atoms with Crippen LogP contribution in [0.5, 0.6) is 0 Å². The maximum absolute atomic E-state index is 10.9. The molecule has 0 aliphatic rings. The zero-order valence-corrected chi connectivity index (χ0v) is 19.1. The van der Waals surface area contributed by atoms with Gasteiger partial charge >= 0.3 is 15.2 Å². The van der Waals surface area contributed by atoms with Crippen molar-refractivity contribution in [2.45, 2.75) is 57.3 Å². The lowest BCUT2D eigenvalue weighted by atomic mass is 10.1. The van der Waals surface area contributed by atoms with Gasteiger partial charge in [0.15, 0.2) is 5.40 Å². The summed E-state index contributed by atoms with van der Waals surface area (Å²) >= 11 is 0. The fourth-order valence-corrected chi connectivity index (χ4v) is 4.24. The van der Waals surface area contributed by atoms with Crippen molar-refractivity contribution in [2.24, 2.45) is 17.2 Å². The SMILES string of the molecule is CCCCCCCCC(P(=O)(O)O)P(=O)(O)O.NCCO.NCCO.NCCO. The van der Waals surface area contributed by atoms with Crippen LogP contribution in [-0.2, 0) is 9.13 Å². The summed E-state index contributed by atoms with van der Waals surface area (Å²) in [5.41, 5.74) is 14.3. The molecule has 14 heteroatoms. The van der Waals surface area contributed by atoms with E-state index < -0.39 is 20.6 Å². The van der Waals surface area contributed by atoms with Crippen LogP contribution in [0.1, 0.15) is 51.9 Å². The van der Waals surface area contributed by atoms with Crippen LogP contribution < -0.4 is 17.2 Å². The standard InChI is InChI=1S/C9H22O6P2.3C2H7NO/c1-2-3-4-5-6-7-8-9(16(10,11)12)17(13,14)15;3*3-1-2-4/h9H,2-8H2,1H3,(H2,10,11,12)(H2,13,14,15);3*4H,1-3H2. The summed E-state index contributed by atoms with van der Waals surface area (Å²) in [6.07, 6.45) is 5.26. The van der Waals surface area contributed by atoms with E-state index in [9.17, 15) is 9.13 Å². The molecule has 0 aliphatic heterocycles. The zero-order valence-electron chi connectivity index (χ0n) is 17.3. The van der Waals surface area contributed by atoms with E-state index in [0.717, 1.165) is 32.1 Å². The van der Waals surface area contributed by atoms with Crippen molar-refractivity contribution >= 4 is 15.2 Å². The van der Waals surface area contributed by atoms with Crippen LogP contribution in [0, 0.1) is 0 Å². The number of unbranched alkanes of at least 4 members (excludes halogenated alkanes) is 5. The summed E-state index contributed by atoms with van der Waals surface area (Å²) in [5, 5.41) is 21.4. The molecule has 0 saturated heterocycles. The van der Waals surface area contributed by atoms with Gasteiger partial charge in [0.05, 0.1) is 19.8 Å². The Labute approximate surface area is 173 Å². The maximum atomic E-state index is 10.9. The van der Waals surface area contributed by atoms with Gasteiger partial charge in [-0.3, -0.25) is 9.13 Å². The average Bonchev–Trinajstić information content (AvgIpc) is 2.65. The minimum Gasteiger partial charge on any atom is -0.395 e. The second kappa shape index (κ2) is 26.1. The van der Waals surface area contributed by atoms with Crippen molar-refractivity contribution in [3.8, 4) is 0 Å². The van der Waals surface area contributed by atoms with E-state index in [1.165, 1.54) is 0 Å². The summed E-state index contributed by atoms with van der Waals surface area (Å²) < 4.78 is 21.9. The number of aliphatic hydroxyl groups excluding tert-OH is 3. The van der Waals surface area contributed by atoms with Crippen LogP contribution in [0.4, 0.5) is 0 Å². The third kappa shape index (κ3) is 35.8. The van der Waals surface area contributed by atoms with Gasteiger partial charge in [0.25, 0.3) is 0 Å². The molecule has 0 rings (SSSR count). The Morgan fingerprint density at radius 2 is 0.931 bits per heavy atom. The first-order chi connectivity index (χ1) is 13.4. The average molecular weight is 471 g/mol. The van der Waals surface area contributed by atoms with E-state index in [2.05, 4.69) is 6.92 Å². The van der Waals surface area contributed by atoms with E-state index >= 15 is 0 Å². The number of hydrogen-bond donors (Lipinski definition) is 10. The summed E-state index contributed by atoms with van der Waals surface area (Å²) in [5.74, 6) is 0. The zero-order chi connectivity index (χ0) is 23.8. The quantitative estimate of drug-likeness (QED) is 0.124. The van der Waals surface area contributed by atoms with E-state index in [0.29, 0.717) is 26.1 Å². The van der Waals surface area contributed by atoms with Crippen LogP contribution in [0.3, 0.4) is 0 Å². The largest absolute Gasteiger partial charge is 0.395 e. The van der Waals surface area contributed by atoms with Crippen molar-refractivity contribution in [2.75, 3.05) is 39.5 Å². The fraction of sp³-hybridized carbons (Fsp3) is 1.00. The number of rotatable bonds is 12. The van der Waals surface area contributed by atoms with Gasteiger partial charge in [-0.05, 0) is 6.42 Å². The van der Waals surface area contributed by atoms with Crippen molar-refractivity contribution in [1.29, 1.82) is 0 Å². The first kappa shape index (κ1) is 36.4. The molecule has 182 valence electrons. The van der Waals surface area contributed by atoms with Crippen LogP contribution in [-0.4, -0.2) is 79.7 Å². The Kier molecular flexibility index (Phi) is 32.8. The smallest absolute Gasteiger partial charge is 0.340 e. The van der Waals surface area contributed by atoms with Crippen LogP contribution in [0.2, 0.25) is 0 Å². The molecule has 29 heavy (non-hydrogen) atoms. The van der Waals surface area contributed by atoms with Crippen LogP contribution in [0.25, 0.3) is 0 Å². The Balaban J connectivity index is -0.000000212. The summed E-state index contributed by atoms with van der Waals surface area (Å²) in [6.45, 7) is 3.50. The van der Waals surface area contributed by atoms with E-state index in [1.807, 2.05) is 0 Å². The third-order valence-electron chi connectivity index (χ3n) is 2.98. The lowest BCUT2D eigenvalue weighted by molar-refractivity contribution is 0.306. The van der Waals surface area contributed by atoms with Gasteiger partial charge in [-0.1, -0.05) is 45.4 Å². The molecule has 12 nitrogen and oxygen atoms in total. The number of aliphatic hydroxyl groups is 3. The van der Waals surface area contributed by atoms with Crippen molar-refractivity contribution in [3.63, 3.8) is 0 Å². The second-order valence-electron chi connectivity index (χ2n) is 5.75. The first-order valence-electron chi connectivity index (χ1n) is 9.47. The normalized spacial score (nSPS) is 10.9. The highest BCUT2D eigenvalue weighted by Crippen LogP contribution is 2.61. The Hall–Kier alpha value is 0.0600. The monoisotopic (exact) mass is 471 g/mol. The van der Waals surface area contributed by atoms with Gasteiger partial charge in [-0.15, -0.1) is 0 Å². The van der Waals surface area contributed by atoms with E-state index in [1.54, 1.807) is 0 Å². The molecule has 0 aliphatic carbocycles. The maximum Gasteiger partial charge on any atom is 0.340 e. The van der Waals surface area contributed by atoms with Crippen LogP contribution in [0.15, 0.2) is 0 Å². The molecular weight excluding hydrogens is 428 g/mol. The third-order valence-corrected chi connectivity index (χ3v) is 6.85. The van der Waals surface area contributed by atoms with Gasteiger partial charge < -0.3 is 52.1 Å². The van der Waals surface area contributed by atoms with Crippen LogP contribution >= 0.6 is 15.2 Å². The van der Waals surface area contributed by atoms with E-state index in [4.69, 9.17) is 52.1 Å². The second-order valence-corrected chi connectivity index (χ2v) is 9.76. The Morgan fingerprint density at radius 1 is 0.655 bits per heavy atom. The predicted molar refractivity (Wildman–Crippen MR) is 114 cm³/mol. The number of hydrogen-bond acceptors (Lipinski definition) is 8. The highest BCUT2D eigenvalue weighted by molar-refractivity contribution is 7.70. The van der Waals surface area contributed by atoms with E-state index in [-0.39, 0.29) is 26.2 Å². The molecule has 0 spiro atoms. The molecule has 0 radical (unpaired) electrons. The summed E-state index contributed by atoms with van der Waals surface area (Å²) in [4.78, 5) is 35.5. The minimum atomic E-state index is -4.72. The van der Waals surface area contributed by atoms with Crippen molar-refractivity contribution in [1.82, 2.24) is 0 Å². The Bertz CT molecular complexity index is 358. The Morgan fingerprint density at radius 3 is 1.17 bits per heavy atom. The molecule has 0 unspecified atom stereocenters. The number of nitrogens with two attached hydrogens (primary N) is 3. The molecule has 13 N–H and O–H groups in total. The van der Waals surface area contributed by atoms with Crippen molar-refractivity contribution < 1.29 is 44.0 Å². The molecule has 0 bridgehead atoms. The molecule has 0 amide bonds. The summed E-state index contributed by atoms with van der Waals surface area (Å²) in [7, 11) is -9.44. The lowest BCUT2D eigenvalue weighted by Gasteiger charge is -2.19. The predicted octanol–water partition coefficient (Wildman–Crippen LogP) is -0.769. The van der Waals surface area contributed by atoms with Gasteiger partial charge in [0, 0.05) is 19.6 Å². The van der Waals surface area contributed by atoms with Crippen molar-refractivity contribution in [3.05, 3.63) is 0 Å². The molecule has 0 heterocycles. The highest BCUT2D eigenvalue weighted by atomic mass is 31.2. The molecule has 0 fully saturated rings. The van der Waals surface area contributed by atoms with Gasteiger partial charge in [0.2, 0.25) is 0 Å². The minimum absolute atomic E-state index is 0.0972. The lowest BCUT2D eigenvalue weighted by Crippen LogP contribution is -2.09. The van der Waals surface area contributed by atoms with Gasteiger partial charge in [-0.25, -0.2) is 0 Å². The molecule has 0 aromatic carbocycles. The molecule has 0 aromatic heterocycles. The summed E-state index contributed by atoms with van der Waals surface area (Å²) in [6, 6.07) is 0. The molecule has 0 saturated carbocycles. The molecule has 0 atom stereocenters.